The number of thiazole rings is 1. The predicted molar refractivity (Wildman–Crippen MR) is 280 cm³/mol. The highest BCUT2D eigenvalue weighted by Gasteiger charge is 2.32. The maximum atomic E-state index is 12.3. The second-order valence-electron chi connectivity index (χ2n) is 17.3. The lowest BCUT2D eigenvalue weighted by molar-refractivity contribution is -0.137. The third kappa shape index (κ3) is 23.3. The maximum absolute atomic E-state index is 12.3. The fourth-order valence-electron chi connectivity index (χ4n) is 6.87. The van der Waals surface area contributed by atoms with Crippen molar-refractivity contribution >= 4 is 62.6 Å². The average Bonchev–Trinajstić information content (AvgIpc) is 4.03. The fourth-order valence-corrected chi connectivity index (χ4v) is 8.67. The van der Waals surface area contributed by atoms with E-state index in [1.165, 1.54) is 37.0 Å². The summed E-state index contributed by atoms with van der Waals surface area (Å²) >= 11 is 1.57. The molecule has 4 heterocycles. The monoisotopic (exact) mass is 1000 g/mol. The van der Waals surface area contributed by atoms with Gasteiger partial charge in [0, 0.05) is 67.7 Å². The van der Waals surface area contributed by atoms with Crippen LogP contribution >= 0.6 is 11.3 Å². The Labute approximate surface area is 417 Å². The van der Waals surface area contributed by atoms with Gasteiger partial charge >= 0.3 is 5.97 Å². The Morgan fingerprint density at radius 2 is 1.70 bits per heavy atom. The Kier molecular flexibility index (Phi) is 30.5. The van der Waals surface area contributed by atoms with Gasteiger partial charge in [0.05, 0.1) is 32.0 Å². The number of methoxy groups -OCH3 is 2. The largest absolute Gasteiger partial charge is 0.497 e. The van der Waals surface area contributed by atoms with Crippen LogP contribution in [0.4, 0.5) is 5.13 Å². The molecule has 0 spiro atoms. The SMILES string of the molecule is CC.CCCCCCCCCC(=O)O.CNC(CN(C)S(=O)c1ccccn1)C(C)(C)C.COc1ccc2c(OC)cc(-c3csc(NC(C)C)n3)nc2c1.NC(=O)[C@@H]1CCCN1C(=O)CNC=O. The van der Waals surface area contributed by atoms with Crippen LogP contribution in [-0.4, -0.2) is 124 Å². The first kappa shape index (κ1) is 61.8. The third-order valence-electron chi connectivity index (χ3n) is 10.5. The Morgan fingerprint density at radius 3 is 2.25 bits per heavy atom. The summed E-state index contributed by atoms with van der Waals surface area (Å²) in [5.74, 6) is 0.132. The van der Waals surface area contributed by atoms with Gasteiger partial charge in [0.2, 0.25) is 18.2 Å². The van der Waals surface area contributed by atoms with Crippen LogP contribution in [0, 0.1) is 5.41 Å². The molecule has 0 saturated carbocycles. The van der Waals surface area contributed by atoms with Crippen LogP contribution in [-0.2, 0) is 30.2 Å². The van der Waals surface area contributed by atoms with E-state index in [9.17, 15) is 23.4 Å². The number of carboxylic acids is 1. The van der Waals surface area contributed by atoms with Crippen molar-refractivity contribution in [3.63, 3.8) is 0 Å². The van der Waals surface area contributed by atoms with E-state index in [2.05, 4.69) is 67.5 Å². The highest BCUT2D eigenvalue weighted by atomic mass is 32.2. The van der Waals surface area contributed by atoms with Gasteiger partial charge in [-0.25, -0.2) is 23.5 Å². The fraction of sp³-hybridized carbons (Fsp3) is 0.580. The third-order valence-corrected chi connectivity index (χ3v) is 12.6. The molecule has 17 nitrogen and oxygen atoms in total. The van der Waals surface area contributed by atoms with Crippen molar-refractivity contribution < 1.29 is 38.0 Å². The van der Waals surface area contributed by atoms with Crippen molar-refractivity contribution in [3.8, 4) is 22.9 Å². The van der Waals surface area contributed by atoms with E-state index in [0.717, 1.165) is 58.2 Å². The normalized spacial score (nSPS) is 13.8. The number of anilines is 1. The molecule has 19 heteroatoms. The number of amides is 3. The van der Waals surface area contributed by atoms with E-state index in [4.69, 9.17) is 25.3 Å². The van der Waals surface area contributed by atoms with E-state index in [-0.39, 0.29) is 23.9 Å². The average molecular weight is 1000 g/mol. The molecule has 1 aliphatic heterocycles. The van der Waals surface area contributed by atoms with Crippen LogP contribution in [0.15, 0.2) is 59.1 Å². The second-order valence-corrected chi connectivity index (χ2v) is 19.7. The smallest absolute Gasteiger partial charge is 0.303 e. The number of carbonyl (C=O) groups excluding carboxylic acids is 3. The number of unbranched alkanes of at least 4 members (excludes halogenated alkanes) is 6. The molecule has 0 aliphatic carbocycles. The number of primary amides is 1. The highest BCUT2D eigenvalue weighted by Crippen LogP contribution is 2.33. The Morgan fingerprint density at radius 1 is 1.01 bits per heavy atom. The van der Waals surface area contributed by atoms with Crippen molar-refractivity contribution in [2.24, 2.45) is 11.1 Å². The predicted octanol–water partition coefficient (Wildman–Crippen LogP) is 8.31. The summed E-state index contributed by atoms with van der Waals surface area (Å²) < 4.78 is 24.9. The van der Waals surface area contributed by atoms with Crippen LogP contribution < -0.4 is 31.2 Å². The summed E-state index contributed by atoms with van der Waals surface area (Å²) in [4.78, 5) is 57.3. The van der Waals surface area contributed by atoms with Crippen molar-refractivity contribution in [2.75, 3.05) is 53.3 Å². The minimum absolute atomic E-state index is 0.0761. The number of nitrogens with two attached hydrogens (primary N) is 1. The molecular formula is C50H81N9O8S2. The zero-order chi connectivity index (χ0) is 51.9. The first-order chi connectivity index (χ1) is 32.9. The van der Waals surface area contributed by atoms with E-state index in [1.54, 1.807) is 37.8 Å². The Balaban J connectivity index is 0.000000469. The van der Waals surface area contributed by atoms with Crippen molar-refractivity contribution in [1.29, 1.82) is 0 Å². The molecular weight excluding hydrogens is 919 g/mol. The van der Waals surface area contributed by atoms with Gasteiger partial charge in [-0.2, -0.15) is 0 Å². The number of rotatable bonds is 22. The molecule has 3 aromatic heterocycles. The molecule has 1 saturated heterocycles. The van der Waals surface area contributed by atoms with Crippen molar-refractivity contribution in [2.45, 2.75) is 143 Å². The Bertz CT molecular complexity index is 2120. The van der Waals surface area contributed by atoms with Crippen LogP contribution in [0.3, 0.4) is 0 Å². The number of carboxylic acid groups (broad SMARTS) is 1. The molecule has 4 aromatic rings. The summed E-state index contributed by atoms with van der Waals surface area (Å²) in [6.45, 7) is 18.1. The highest BCUT2D eigenvalue weighted by molar-refractivity contribution is 7.82. The lowest BCUT2D eigenvalue weighted by Gasteiger charge is -2.33. The number of aromatic nitrogens is 3. The van der Waals surface area contributed by atoms with Gasteiger partial charge in [-0.05, 0) is 69.8 Å². The number of aliphatic carboxylic acids is 1. The zero-order valence-electron chi connectivity index (χ0n) is 43.1. The molecule has 1 fully saturated rings. The lowest BCUT2D eigenvalue weighted by atomic mass is 9.87. The lowest BCUT2D eigenvalue weighted by Crippen LogP contribution is -2.46. The summed E-state index contributed by atoms with van der Waals surface area (Å²) in [7, 11) is 5.90. The number of likely N-dealkylation sites (tertiary alicyclic amines) is 1. The molecule has 0 bridgehead atoms. The van der Waals surface area contributed by atoms with E-state index in [1.807, 2.05) is 74.0 Å². The van der Waals surface area contributed by atoms with Gasteiger partial charge in [0.15, 0.2) is 5.13 Å². The van der Waals surface area contributed by atoms with E-state index in [0.29, 0.717) is 43.4 Å². The summed E-state index contributed by atoms with van der Waals surface area (Å²) in [5.41, 5.74) is 7.70. The summed E-state index contributed by atoms with van der Waals surface area (Å²) in [6.07, 6.45) is 12.2. The van der Waals surface area contributed by atoms with Gasteiger partial charge in [0.1, 0.15) is 39.2 Å². The number of nitrogens with one attached hydrogen (secondary N) is 3. The quantitative estimate of drug-likeness (QED) is 0.0369. The minimum Gasteiger partial charge on any atom is -0.497 e. The minimum atomic E-state index is -1.20. The molecule has 3 amide bonds. The van der Waals surface area contributed by atoms with E-state index >= 15 is 0 Å². The van der Waals surface area contributed by atoms with Crippen LogP contribution in [0.5, 0.6) is 11.5 Å². The molecule has 5 rings (SSSR count). The maximum Gasteiger partial charge on any atom is 0.303 e. The topological polar surface area (TPSA) is 231 Å². The number of ether oxygens (including phenoxy) is 2. The molecule has 1 aromatic carbocycles. The van der Waals surface area contributed by atoms with Crippen molar-refractivity contribution in [3.05, 3.63) is 54.0 Å². The summed E-state index contributed by atoms with van der Waals surface area (Å²) in [6, 6.07) is 13.3. The Hall–Kier alpha value is -5.24. The van der Waals surface area contributed by atoms with Gasteiger partial charge in [-0.15, -0.1) is 11.3 Å². The van der Waals surface area contributed by atoms with Crippen molar-refractivity contribution in [1.82, 2.24) is 34.8 Å². The van der Waals surface area contributed by atoms with Gasteiger partial charge in [-0.1, -0.05) is 86.1 Å². The van der Waals surface area contributed by atoms with Gasteiger partial charge < -0.3 is 41.2 Å². The number of likely N-dealkylation sites (N-methyl/N-ethyl adjacent to an activating group) is 2. The number of hydrogen-bond acceptors (Lipinski definition) is 13. The number of pyridine rings is 2. The first-order valence-electron chi connectivity index (χ1n) is 23.8. The molecule has 0 radical (unpaired) electrons. The molecule has 1 aliphatic rings. The van der Waals surface area contributed by atoms with Crippen LogP contribution in [0.2, 0.25) is 0 Å². The molecule has 2 unspecified atom stereocenters. The number of carbonyl (C=O) groups is 4. The number of nitrogens with zero attached hydrogens (tertiary/aromatic N) is 5. The standard InChI is InChI=1S/C17H19N3O2S.C13H23N3OS.C10H20O2.C8H13N3O3.C2H6/c1-10(2)18-17-20-15(9-23-17)14-8-16(22-4)12-6-5-11(21-3)7-13(12)19-14;1-13(2,3)11(14-4)10-16(5)18(17)12-8-6-7-9-15-12;1-2-3-4-5-6-7-8-9-10(11)12;9-8(14)6-2-1-3-11(6)7(13)4-10-5-12;1-2/h5-10H,1-4H3,(H,18,20);6-9,11,14H,10H2,1-5H3;2-9H2,1H3,(H,11,12);5-6H,1-4H2,(H2,9,14)(H,10,12);1-2H3/t;;;6-;/m...0./s1. The summed E-state index contributed by atoms with van der Waals surface area (Å²) in [5, 5.41) is 21.6. The van der Waals surface area contributed by atoms with E-state index < -0.39 is 28.9 Å². The number of hydrogen-bond donors (Lipinski definition) is 5. The molecule has 386 valence electrons. The van der Waals surface area contributed by atoms with Gasteiger partial charge in [-0.3, -0.25) is 19.2 Å². The zero-order valence-corrected chi connectivity index (χ0v) is 44.8. The van der Waals surface area contributed by atoms with Gasteiger partial charge in [0.25, 0.3) is 0 Å². The second kappa shape index (κ2) is 34.1. The van der Waals surface area contributed by atoms with Crippen LogP contribution in [0.25, 0.3) is 22.3 Å². The number of benzene rings is 1. The number of fused-ring (bicyclic) bond motifs is 1. The molecule has 6 N–H and O–H groups in total. The molecule has 3 atom stereocenters. The first-order valence-corrected chi connectivity index (χ1v) is 25.8. The van der Waals surface area contributed by atoms with Crippen LogP contribution in [0.1, 0.15) is 120 Å². The molecule has 69 heavy (non-hydrogen) atoms.